The standard InChI is InChI=1S/C23H23N5O2/c29-14-5-6-17-18(11-14)26-22(25-17)20-21(15-3-1-2-4-16(15)27-23(20)30)24-19-12-28-9-7-13(19)8-10-28/h1-6,11,13,19,29H,7-10,12H2,(H,25,26)(H2,24,27,30). The largest absolute Gasteiger partial charge is 0.508 e. The lowest BCUT2D eigenvalue weighted by Crippen LogP contribution is -2.53. The number of phenolic OH excluding ortho intramolecular Hbond substituents is 1. The van der Waals surface area contributed by atoms with E-state index in [1.165, 1.54) is 25.9 Å². The minimum absolute atomic E-state index is 0.163. The molecular formula is C23H23N5O2. The highest BCUT2D eigenvalue weighted by molar-refractivity contribution is 5.99. The first-order chi connectivity index (χ1) is 14.7. The first-order valence-corrected chi connectivity index (χ1v) is 10.5. The van der Waals surface area contributed by atoms with Crippen molar-refractivity contribution in [3.8, 4) is 17.1 Å². The third-order valence-electron chi connectivity index (χ3n) is 6.61. The Hall–Kier alpha value is -3.32. The topological polar surface area (TPSA) is 97.0 Å². The number of piperidine rings is 3. The molecule has 7 heteroatoms. The molecule has 0 saturated carbocycles. The number of para-hydroxylation sites is 1. The molecule has 7 rings (SSSR count). The first kappa shape index (κ1) is 17.5. The summed E-state index contributed by atoms with van der Waals surface area (Å²) >= 11 is 0. The van der Waals surface area contributed by atoms with Crippen molar-refractivity contribution in [3.63, 3.8) is 0 Å². The summed E-state index contributed by atoms with van der Waals surface area (Å²) in [6.45, 7) is 3.33. The van der Waals surface area contributed by atoms with Crippen molar-refractivity contribution in [1.29, 1.82) is 0 Å². The zero-order chi connectivity index (χ0) is 20.2. The van der Waals surface area contributed by atoms with Crippen LogP contribution >= 0.6 is 0 Å². The predicted molar refractivity (Wildman–Crippen MR) is 118 cm³/mol. The summed E-state index contributed by atoms with van der Waals surface area (Å²) in [7, 11) is 0. The minimum Gasteiger partial charge on any atom is -0.508 e. The lowest BCUT2D eigenvalue weighted by molar-refractivity contribution is 0.0976. The molecule has 1 unspecified atom stereocenters. The van der Waals surface area contributed by atoms with Crippen LogP contribution in [0.15, 0.2) is 47.3 Å². The van der Waals surface area contributed by atoms with E-state index in [0.29, 0.717) is 34.4 Å². The molecule has 7 nitrogen and oxygen atoms in total. The average Bonchev–Trinajstić information content (AvgIpc) is 3.17. The van der Waals surface area contributed by atoms with Gasteiger partial charge in [-0.25, -0.2) is 4.98 Å². The van der Waals surface area contributed by atoms with E-state index in [1.807, 2.05) is 24.3 Å². The number of aromatic amines is 2. The van der Waals surface area contributed by atoms with Crippen LogP contribution in [0.4, 0.5) is 5.69 Å². The van der Waals surface area contributed by atoms with Gasteiger partial charge < -0.3 is 25.3 Å². The number of hydrogen-bond donors (Lipinski definition) is 4. The number of fused-ring (bicyclic) bond motifs is 5. The maximum Gasteiger partial charge on any atom is 0.261 e. The molecule has 0 radical (unpaired) electrons. The summed E-state index contributed by atoms with van der Waals surface area (Å²) < 4.78 is 0. The summed E-state index contributed by atoms with van der Waals surface area (Å²) in [5.74, 6) is 1.29. The van der Waals surface area contributed by atoms with Crippen LogP contribution in [0.1, 0.15) is 12.8 Å². The number of nitrogens with zero attached hydrogens (tertiary/aromatic N) is 2. The summed E-state index contributed by atoms with van der Waals surface area (Å²) in [6.07, 6.45) is 2.38. The Morgan fingerprint density at radius 1 is 1.07 bits per heavy atom. The highest BCUT2D eigenvalue weighted by Crippen LogP contribution is 2.35. The molecule has 4 aromatic rings. The summed E-state index contributed by atoms with van der Waals surface area (Å²) in [6, 6.07) is 13.2. The Morgan fingerprint density at radius 2 is 1.90 bits per heavy atom. The lowest BCUT2D eigenvalue weighted by Gasteiger charge is -2.45. The van der Waals surface area contributed by atoms with Crippen molar-refractivity contribution in [2.24, 2.45) is 5.92 Å². The zero-order valence-electron chi connectivity index (χ0n) is 16.5. The summed E-state index contributed by atoms with van der Waals surface area (Å²) in [5, 5.41) is 14.5. The van der Waals surface area contributed by atoms with Gasteiger partial charge in [-0.05, 0) is 50.0 Å². The molecule has 152 valence electrons. The van der Waals surface area contributed by atoms with Crippen molar-refractivity contribution >= 4 is 27.6 Å². The molecule has 2 bridgehead atoms. The number of benzene rings is 2. The smallest absolute Gasteiger partial charge is 0.261 e. The number of H-pyrrole nitrogens is 2. The predicted octanol–water partition coefficient (Wildman–Crippen LogP) is 3.28. The third-order valence-corrected chi connectivity index (χ3v) is 6.61. The van der Waals surface area contributed by atoms with E-state index in [9.17, 15) is 9.90 Å². The van der Waals surface area contributed by atoms with Crippen LogP contribution < -0.4 is 10.9 Å². The van der Waals surface area contributed by atoms with Crippen LogP contribution in [0, 0.1) is 5.92 Å². The van der Waals surface area contributed by atoms with Crippen molar-refractivity contribution in [2.45, 2.75) is 18.9 Å². The number of imidazole rings is 1. The number of phenols is 1. The molecule has 4 N–H and O–H groups in total. The third kappa shape index (κ3) is 2.77. The second-order valence-corrected chi connectivity index (χ2v) is 8.43. The molecule has 0 aliphatic carbocycles. The van der Waals surface area contributed by atoms with Gasteiger partial charge in [0.05, 0.1) is 22.2 Å². The fourth-order valence-electron chi connectivity index (χ4n) is 5.05. The molecule has 2 aromatic heterocycles. The highest BCUT2D eigenvalue weighted by Gasteiger charge is 2.35. The molecular weight excluding hydrogens is 378 g/mol. The SMILES string of the molecule is O=c1[nH]c2ccccc2c(NC2CN3CCC2CC3)c1-c1nc2ccc(O)cc2[nH]1. The van der Waals surface area contributed by atoms with E-state index >= 15 is 0 Å². The van der Waals surface area contributed by atoms with E-state index in [4.69, 9.17) is 0 Å². The van der Waals surface area contributed by atoms with Gasteiger partial charge in [-0.15, -0.1) is 0 Å². The fourth-order valence-corrected chi connectivity index (χ4v) is 5.05. The Labute approximate surface area is 172 Å². The van der Waals surface area contributed by atoms with Crippen molar-refractivity contribution in [1.82, 2.24) is 19.9 Å². The first-order valence-electron chi connectivity index (χ1n) is 10.5. The molecule has 3 aliphatic heterocycles. The number of rotatable bonds is 3. The maximum atomic E-state index is 13.2. The molecule has 2 aromatic carbocycles. The Morgan fingerprint density at radius 3 is 2.70 bits per heavy atom. The number of hydrogen-bond acceptors (Lipinski definition) is 5. The molecule has 0 amide bonds. The van der Waals surface area contributed by atoms with Gasteiger partial charge in [-0.1, -0.05) is 18.2 Å². The molecule has 3 fully saturated rings. The second kappa shape index (κ2) is 6.60. The summed E-state index contributed by atoms with van der Waals surface area (Å²) in [4.78, 5) is 26.6. The van der Waals surface area contributed by atoms with E-state index in [1.54, 1.807) is 18.2 Å². The van der Waals surface area contributed by atoms with Gasteiger partial charge in [0.2, 0.25) is 0 Å². The van der Waals surface area contributed by atoms with E-state index in [0.717, 1.165) is 23.1 Å². The van der Waals surface area contributed by atoms with Crippen LogP contribution in [-0.4, -0.2) is 50.6 Å². The number of aromatic hydroxyl groups is 1. The molecule has 3 aliphatic rings. The number of pyridine rings is 1. The quantitative estimate of drug-likeness (QED) is 0.422. The number of aromatic nitrogens is 3. The molecule has 30 heavy (non-hydrogen) atoms. The van der Waals surface area contributed by atoms with Crippen molar-refractivity contribution < 1.29 is 5.11 Å². The number of anilines is 1. The van der Waals surface area contributed by atoms with Gasteiger partial charge in [0.15, 0.2) is 0 Å². The minimum atomic E-state index is -0.180. The van der Waals surface area contributed by atoms with Gasteiger partial charge in [0, 0.05) is 24.0 Å². The van der Waals surface area contributed by atoms with Crippen LogP contribution in [0.3, 0.4) is 0 Å². The normalized spacial score (nSPS) is 23.3. The second-order valence-electron chi connectivity index (χ2n) is 8.43. The molecule has 3 saturated heterocycles. The van der Waals surface area contributed by atoms with Crippen molar-refractivity contribution in [2.75, 3.05) is 25.0 Å². The van der Waals surface area contributed by atoms with Gasteiger partial charge in [-0.3, -0.25) is 4.79 Å². The Kier molecular flexibility index (Phi) is 3.86. The highest BCUT2D eigenvalue weighted by atomic mass is 16.3. The fraction of sp³-hybridized carbons (Fsp3) is 0.304. The Balaban J connectivity index is 1.54. The molecule has 1 atom stereocenters. The zero-order valence-corrected chi connectivity index (χ0v) is 16.5. The number of nitrogens with one attached hydrogen (secondary N) is 3. The van der Waals surface area contributed by atoms with Crippen LogP contribution in [0.25, 0.3) is 33.3 Å². The lowest BCUT2D eigenvalue weighted by atomic mass is 9.83. The Bertz CT molecular complexity index is 1320. The van der Waals surface area contributed by atoms with E-state index in [2.05, 4.69) is 25.2 Å². The van der Waals surface area contributed by atoms with Crippen LogP contribution in [0.2, 0.25) is 0 Å². The molecule has 0 spiro atoms. The summed E-state index contributed by atoms with van der Waals surface area (Å²) in [5.41, 5.74) is 3.39. The van der Waals surface area contributed by atoms with Gasteiger partial charge >= 0.3 is 0 Å². The average molecular weight is 401 g/mol. The van der Waals surface area contributed by atoms with E-state index < -0.39 is 0 Å². The maximum absolute atomic E-state index is 13.2. The van der Waals surface area contributed by atoms with Crippen molar-refractivity contribution in [3.05, 3.63) is 52.8 Å². The van der Waals surface area contributed by atoms with Crippen LogP contribution in [0.5, 0.6) is 5.75 Å². The van der Waals surface area contributed by atoms with Gasteiger partial charge in [0.1, 0.15) is 17.1 Å². The monoisotopic (exact) mass is 401 g/mol. The van der Waals surface area contributed by atoms with Gasteiger partial charge in [0.25, 0.3) is 5.56 Å². The van der Waals surface area contributed by atoms with Gasteiger partial charge in [-0.2, -0.15) is 0 Å². The van der Waals surface area contributed by atoms with E-state index in [-0.39, 0.29) is 11.3 Å². The van der Waals surface area contributed by atoms with Crippen LogP contribution in [-0.2, 0) is 0 Å². The molecule has 5 heterocycles.